The van der Waals surface area contributed by atoms with Crippen molar-refractivity contribution < 1.29 is 9.59 Å². The van der Waals surface area contributed by atoms with Gasteiger partial charge in [-0.3, -0.25) is 4.79 Å². The van der Waals surface area contributed by atoms with Crippen LogP contribution in [0.3, 0.4) is 0 Å². The number of hydrogen-bond donors (Lipinski definition) is 2. The summed E-state index contributed by atoms with van der Waals surface area (Å²) in [5, 5.41) is 5.86. The van der Waals surface area contributed by atoms with E-state index in [1.165, 1.54) is 0 Å². The van der Waals surface area contributed by atoms with Crippen molar-refractivity contribution in [3.8, 4) is 0 Å². The molecule has 2 aromatic rings. The molecule has 0 spiro atoms. The van der Waals surface area contributed by atoms with Gasteiger partial charge in [0.2, 0.25) is 5.95 Å². The van der Waals surface area contributed by atoms with Crippen LogP contribution in [-0.2, 0) is 0 Å². The highest BCUT2D eigenvalue weighted by Gasteiger charge is 2.23. The van der Waals surface area contributed by atoms with Gasteiger partial charge in [0.05, 0.1) is 0 Å². The number of carbonyl (C=O) groups is 2. The lowest BCUT2D eigenvalue weighted by Crippen LogP contribution is -2.49. The largest absolute Gasteiger partial charge is 0.339 e. The summed E-state index contributed by atoms with van der Waals surface area (Å²) in [6.07, 6.45) is 5.32. The van der Waals surface area contributed by atoms with Gasteiger partial charge in [-0.1, -0.05) is 0 Å². The van der Waals surface area contributed by atoms with Gasteiger partial charge in [0.15, 0.2) is 0 Å². The molecule has 1 aromatic carbocycles. The van der Waals surface area contributed by atoms with Crippen LogP contribution < -0.4 is 15.5 Å². The van der Waals surface area contributed by atoms with Crippen LogP contribution in [0.15, 0.2) is 42.7 Å². The molecule has 2 heterocycles. The molecule has 3 rings (SSSR count). The van der Waals surface area contributed by atoms with Crippen LogP contribution in [0, 0.1) is 0 Å². The van der Waals surface area contributed by atoms with Crippen molar-refractivity contribution in [2.75, 3.05) is 36.4 Å². The molecule has 1 aliphatic rings. The molecule has 0 aliphatic carbocycles. The van der Waals surface area contributed by atoms with Gasteiger partial charge in [-0.2, -0.15) is 0 Å². The van der Waals surface area contributed by atoms with Gasteiger partial charge in [-0.15, -0.1) is 0 Å². The van der Waals surface area contributed by atoms with Crippen LogP contribution in [0.2, 0.25) is 0 Å². The third-order valence-corrected chi connectivity index (χ3v) is 5.03. The molecule has 1 fully saturated rings. The second-order valence-electron chi connectivity index (χ2n) is 6.99. The number of amides is 3. The highest BCUT2D eigenvalue weighted by molar-refractivity contribution is 5.95. The normalized spacial score (nSPS) is 16.2. The Bertz CT molecular complexity index is 808. The minimum Gasteiger partial charge on any atom is -0.339 e. The highest BCUT2D eigenvalue weighted by Crippen LogP contribution is 2.16. The first kappa shape index (κ1) is 20.6. The van der Waals surface area contributed by atoms with Crippen molar-refractivity contribution in [3.05, 3.63) is 48.3 Å². The van der Waals surface area contributed by atoms with Crippen LogP contribution >= 0.6 is 0 Å². The Morgan fingerprint density at radius 2 is 1.83 bits per heavy atom. The van der Waals surface area contributed by atoms with Gasteiger partial charge >= 0.3 is 6.03 Å². The van der Waals surface area contributed by atoms with Crippen molar-refractivity contribution in [1.29, 1.82) is 0 Å². The average Bonchev–Trinajstić information content (AvgIpc) is 2.76. The molecular formula is C21H28N6O2. The SMILES string of the molecule is CCN(CC)C(=O)c1ccc(NC(=O)NC2CCCN(c3ncccn3)C2)cc1. The third-order valence-electron chi connectivity index (χ3n) is 5.03. The molecule has 154 valence electrons. The van der Waals surface area contributed by atoms with E-state index in [0.717, 1.165) is 19.4 Å². The zero-order chi connectivity index (χ0) is 20.6. The van der Waals surface area contributed by atoms with Crippen LogP contribution in [0.4, 0.5) is 16.4 Å². The Hall–Kier alpha value is -3.16. The van der Waals surface area contributed by atoms with Crippen molar-refractivity contribution in [2.24, 2.45) is 0 Å². The Balaban J connectivity index is 1.53. The van der Waals surface area contributed by atoms with E-state index in [-0.39, 0.29) is 18.0 Å². The van der Waals surface area contributed by atoms with Crippen LogP contribution in [0.1, 0.15) is 37.0 Å². The molecule has 2 N–H and O–H groups in total. The zero-order valence-electron chi connectivity index (χ0n) is 17.0. The maximum Gasteiger partial charge on any atom is 0.319 e. The fraction of sp³-hybridized carbons (Fsp3) is 0.429. The Kier molecular flexibility index (Phi) is 6.99. The molecule has 1 aromatic heterocycles. The molecule has 29 heavy (non-hydrogen) atoms. The minimum atomic E-state index is -0.256. The van der Waals surface area contributed by atoms with Crippen LogP contribution in [0.25, 0.3) is 0 Å². The first-order valence-corrected chi connectivity index (χ1v) is 10.1. The van der Waals surface area contributed by atoms with Crippen molar-refractivity contribution in [2.45, 2.75) is 32.7 Å². The van der Waals surface area contributed by atoms with E-state index in [0.29, 0.717) is 36.8 Å². The number of aromatic nitrogens is 2. The number of anilines is 2. The van der Waals surface area contributed by atoms with Gasteiger partial charge in [0, 0.05) is 55.9 Å². The Morgan fingerprint density at radius 3 is 2.48 bits per heavy atom. The topological polar surface area (TPSA) is 90.5 Å². The fourth-order valence-corrected chi connectivity index (χ4v) is 3.47. The van der Waals surface area contributed by atoms with E-state index in [4.69, 9.17) is 0 Å². The summed E-state index contributed by atoms with van der Waals surface area (Å²) in [5.74, 6) is 0.685. The molecular weight excluding hydrogens is 368 g/mol. The number of benzene rings is 1. The lowest BCUT2D eigenvalue weighted by atomic mass is 10.1. The second-order valence-corrected chi connectivity index (χ2v) is 6.99. The third kappa shape index (κ3) is 5.43. The smallest absolute Gasteiger partial charge is 0.319 e. The molecule has 1 atom stereocenters. The number of rotatable bonds is 6. The van der Waals surface area contributed by atoms with E-state index in [9.17, 15) is 9.59 Å². The minimum absolute atomic E-state index is 0.00331. The molecule has 3 amide bonds. The molecule has 1 unspecified atom stereocenters. The summed E-state index contributed by atoms with van der Waals surface area (Å²) in [6, 6.07) is 8.54. The van der Waals surface area contributed by atoms with Gasteiger partial charge in [-0.05, 0) is 57.0 Å². The maximum absolute atomic E-state index is 12.4. The summed E-state index contributed by atoms with van der Waals surface area (Å²) in [7, 11) is 0. The number of nitrogens with one attached hydrogen (secondary N) is 2. The number of nitrogens with zero attached hydrogens (tertiary/aromatic N) is 4. The predicted molar refractivity (Wildman–Crippen MR) is 113 cm³/mol. The standard InChI is InChI=1S/C21H28N6O2/c1-3-26(4-2)19(28)16-8-10-17(11-9-16)24-21(29)25-18-7-5-14-27(15-18)20-22-12-6-13-23-20/h6,8-13,18H,3-5,7,14-15H2,1-2H3,(H2,24,25,29). The molecule has 8 heteroatoms. The van der Waals surface area contributed by atoms with Gasteiger partial charge < -0.3 is 20.4 Å². The van der Waals surface area contributed by atoms with Crippen LogP contribution in [0.5, 0.6) is 0 Å². The van der Waals surface area contributed by atoms with Crippen molar-refractivity contribution >= 4 is 23.6 Å². The summed E-state index contributed by atoms with van der Waals surface area (Å²) >= 11 is 0. The summed E-state index contributed by atoms with van der Waals surface area (Å²) in [5.41, 5.74) is 1.27. The first-order chi connectivity index (χ1) is 14.1. The monoisotopic (exact) mass is 396 g/mol. The molecule has 8 nitrogen and oxygen atoms in total. The predicted octanol–water partition coefficient (Wildman–Crippen LogP) is 2.75. The molecule has 1 saturated heterocycles. The van der Waals surface area contributed by atoms with Crippen molar-refractivity contribution in [3.63, 3.8) is 0 Å². The fourth-order valence-electron chi connectivity index (χ4n) is 3.47. The lowest BCUT2D eigenvalue weighted by molar-refractivity contribution is 0.0773. The summed E-state index contributed by atoms with van der Waals surface area (Å²) < 4.78 is 0. The van der Waals surface area contributed by atoms with Gasteiger partial charge in [0.25, 0.3) is 5.91 Å². The van der Waals surface area contributed by atoms with E-state index >= 15 is 0 Å². The zero-order valence-corrected chi connectivity index (χ0v) is 17.0. The highest BCUT2D eigenvalue weighted by atomic mass is 16.2. The van der Waals surface area contributed by atoms with E-state index < -0.39 is 0 Å². The average molecular weight is 396 g/mol. The van der Waals surface area contributed by atoms with Gasteiger partial charge in [-0.25, -0.2) is 14.8 Å². The second kappa shape index (κ2) is 9.86. The van der Waals surface area contributed by atoms with E-state index in [2.05, 4.69) is 25.5 Å². The summed E-state index contributed by atoms with van der Waals surface area (Å²) in [6.45, 7) is 6.81. The van der Waals surface area contributed by atoms with E-state index in [1.54, 1.807) is 47.6 Å². The number of hydrogen-bond acceptors (Lipinski definition) is 5. The molecule has 0 radical (unpaired) electrons. The number of urea groups is 1. The Morgan fingerprint density at radius 1 is 1.14 bits per heavy atom. The molecule has 1 aliphatic heterocycles. The van der Waals surface area contributed by atoms with Gasteiger partial charge in [0.1, 0.15) is 0 Å². The maximum atomic E-state index is 12.4. The van der Waals surface area contributed by atoms with Crippen LogP contribution in [-0.4, -0.2) is 59.0 Å². The number of piperidine rings is 1. The van der Waals surface area contributed by atoms with E-state index in [1.807, 2.05) is 13.8 Å². The molecule has 0 bridgehead atoms. The summed E-state index contributed by atoms with van der Waals surface area (Å²) in [4.78, 5) is 37.2. The lowest BCUT2D eigenvalue weighted by Gasteiger charge is -2.33. The van der Waals surface area contributed by atoms with Crippen molar-refractivity contribution in [1.82, 2.24) is 20.2 Å². The quantitative estimate of drug-likeness (QED) is 0.784. The Labute approximate surface area is 171 Å². The number of carbonyl (C=O) groups excluding carboxylic acids is 2. The molecule has 0 saturated carbocycles. The first-order valence-electron chi connectivity index (χ1n) is 10.1.